The third-order valence-electron chi connectivity index (χ3n) is 2.42. The first-order chi connectivity index (χ1) is 8.06. The zero-order valence-corrected chi connectivity index (χ0v) is 10.8. The molecule has 1 N–H and O–H groups in total. The van der Waals surface area contributed by atoms with Gasteiger partial charge < -0.3 is 5.32 Å². The Morgan fingerprint density at radius 3 is 2.76 bits per heavy atom. The second kappa shape index (κ2) is 4.71. The van der Waals surface area contributed by atoms with Gasteiger partial charge in [-0.3, -0.25) is 4.68 Å². The molecular formula is C11H14ClN5. The highest BCUT2D eigenvalue weighted by molar-refractivity contribution is 6.30. The number of nitrogens with one attached hydrogen (secondary N) is 1. The number of rotatable bonds is 3. The SMILES string of the molecule is Cc1nc(Cl)c(C)c(NCc2cnn(C)c2)n1. The van der Waals surface area contributed by atoms with Gasteiger partial charge >= 0.3 is 0 Å². The number of anilines is 1. The average Bonchev–Trinajstić information content (AvgIpc) is 2.67. The lowest BCUT2D eigenvalue weighted by Gasteiger charge is -2.09. The molecule has 6 heteroatoms. The molecule has 0 radical (unpaired) electrons. The van der Waals surface area contributed by atoms with E-state index in [0.29, 0.717) is 17.5 Å². The van der Waals surface area contributed by atoms with Crippen LogP contribution in [0.3, 0.4) is 0 Å². The van der Waals surface area contributed by atoms with Crippen LogP contribution in [0.15, 0.2) is 12.4 Å². The van der Waals surface area contributed by atoms with E-state index in [9.17, 15) is 0 Å². The Morgan fingerprint density at radius 1 is 1.35 bits per heavy atom. The molecule has 0 aliphatic heterocycles. The topological polar surface area (TPSA) is 55.6 Å². The molecule has 2 heterocycles. The van der Waals surface area contributed by atoms with Crippen molar-refractivity contribution >= 4 is 17.4 Å². The van der Waals surface area contributed by atoms with Gasteiger partial charge in [0.05, 0.1) is 6.20 Å². The number of halogens is 1. The van der Waals surface area contributed by atoms with Crippen molar-refractivity contribution in [3.05, 3.63) is 34.5 Å². The Labute approximate surface area is 105 Å². The molecule has 0 aromatic carbocycles. The number of aromatic nitrogens is 4. The highest BCUT2D eigenvalue weighted by Gasteiger charge is 2.07. The third kappa shape index (κ3) is 2.74. The molecule has 5 nitrogen and oxygen atoms in total. The second-order valence-electron chi connectivity index (χ2n) is 3.91. The van der Waals surface area contributed by atoms with Crippen LogP contribution in [-0.2, 0) is 13.6 Å². The standard InChI is InChI=1S/C11H14ClN5/c1-7-10(12)15-8(2)16-11(7)13-4-9-5-14-17(3)6-9/h5-6H,4H2,1-3H3,(H,13,15,16). The Hall–Kier alpha value is -1.62. The lowest BCUT2D eigenvalue weighted by atomic mass is 10.3. The van der Waals surface area contributed by atoms with E-state index in [-0.39, 0.29) is 0 Å². The van der Waals surface area contributed by atoms with Crippen LogP contribution < -0.4 is 5.32 Å². The molecule has 0 bridgehead atoms. The molecule has 0 spiro atoms. The van der Waals surface area contributed by atoms with Gasteiger partial charge in [0.1, 0.15) is 16.8 Å². The average molecular weight is 252 g/mol. The first-order valence-corrected chi connectivity index (χ1v) is 5.66. The molecule has 0 atom stereocenters. The summed E-state index contributed by atoms with van der Waals surface area (Å²) in [6.07, 6.45) is 3.77. The zero-order valence-electron chi connectivity index (χ0n) is 10.0. The van der Waals surface area contributed by atoms with Crippen molar-refractivity contribution in [2.75, 3.05) is 5.32 Å². The molecule has 2 aromatic rings. The van der Waals surface area contributed by atoms with Gasteiger partial charge in [0, 0.05) is 30.9 Å². The van der Waals surface area contributed by atoms with Gasteiger partial charge in [0.25, 0.3) is 0 Å². The van der Waals surface area contributed by atoms with Gasteiger partial charge in [0.2, 0.25) is 0 Å². The van der Waals surface area contributed by atoms with Crippen LogP contribution in [0.4, 0.5) is 5.82 Å². The van der Waals surface area contributed by atoms with Crippen molar-refractivity contribution in [2.24, 2.45) is 7.05 Å². The zero-order chi connectivity index (χ0) is 12.4. The minimum atomic E-state index is 0.492. The summed E-state index contributed by atoms with van der Waals surface area (Å²) in [7, 11) is 1.89. The summed E-state index contributed by atoms with van der Waals surface area (Å²) < 4.78 is 1.77. The van der Waals surface area contributed by atoms with E-state index in [1.807, 2.05) is 33.3 Å². The normalized spacial score (nSPS) is 10.6. The van der Waals surface area contributed by atoms with Crippen molar-refractivity contribution in [3.63, 3.8) is 0 Å². The van der Waals surface area contributed by atoms with Crippen LogP contribution >= 0.6 is 11.6 Å². The van der Waals surface area contributed by atoms with Crippen molar-refractivity contribution < 1.29 is 0 Å². The fourth-order valence-corrected chi connectivity index (χ4v) is 1.73. The minimum Gasteiger partial charge on any atom is -0.366 e. The number of aryl methyl sites for hydroxylation is 2. The molecule has 0 aliphatic rings. The Bertz CT molecular complexity index is 535. The van der Waals surface area contributed by atoms with Gasteiger partial charge in [-0.2, -0.15) is 5.10 Å². The highest BCUT2D eigenvalue weighted by Crippen LogP contribution is 2.19. The van der Waals surface area contributed by atoms with Crippen LogP contribution in [0.25, 0.3) is 0 Å². The summed E-state index contributed by atoms with van der Waals surface area (Å²) >= 11 is 6.00. The van der Waals surface area contributed by atoms with Crippen LogP contribution in [0, 0.1) is 13.8 Å². The first kappa shape index (κ1) is 11.9. The molecule has 2 rings (SSSR count). The maximum Gasteiger partial charge on any atom is 0.137 e. The largest absolute Gasteiger partial charge is 0.366 e. The van der Waals surface area contributed by atoms with E-state index in [4.69, 9.17) is 11.6 Å². The molecule has 2 aromatic heterocycles. The predicted octanol–water partition coefficient (Wildman–Crippen LogP) is 2.09. The quantitative estimate of drug-likeness (QED) is 0.849. The van der Waals surface area contributed by atoms with Gasteiger partial charge in [-0.05, 0) is 13.8 Å². The molecule has 17 heavy (non-hydrogen) atoms. The number of hydrogen-bond acceptors (Lipinski definition) is 4. The Morgan fingerprint density at radius 2 is 2.12 bits per heavy atom. The smallest absolute Gasteiger partial charge is 0.137 e. The summed E-state index contributed by atoms with van der Waals surface area (Å²) in [5.41, 5.74) is 1.96. The molecule has 0 unspecified atom stereocenters. The lowest BCUT2D eigenvalue weighted by Crippen LogP contribution is -2.05. The van der Waals surface area contributed by atoms with Gasteiger partial charge in [-0.15, -0.1) is 0 Å². The van der Waals surface area contributed by atoms with Crippen molar-refractivity contribution in [1.29, 1.82) is 0 Å². The van der Waals surface area contributed by atoms with E-state index in [0.717, 1.165) is 16.9 Å². The molecular weight excluding hydrogens is 238 g/mol. The van der Waals surface area contributed by atoms with E-state index in [2.05, 4.69) is 20.4 Å². The lowest BCUT2D eigenvalue weighted by molar-refractivity contribution is 0.767. The molecule has 0 fully saturated rings. The van der Waals surface area contributed by atoms with E-state index in [1.54, 1.807) is 4.68 Å². The van der Waals surface area contributed by atoms with Crippen molar-refractivity contribution in [3.8, 4) is 0 Å². The summed E-state index contributed by atoms with van der Waals surface area (Å²) in [6, 6.07) is 0. The fraction of sp³-hybridized carbons (Fsp3) is 0.364. The van der Waals surface area contributed by atoms with Gasteiger partial charge in [-0.1, -0.05) is 11.6 Å². The third-order valence-corrected chi connectivity index (χ3v) is 2.78. The Balaban J connectivity index is 2.14. The fourth-order valence-electron chi connectivity index (χ4n) is 1.52. The highest BCUT2D eigenvalue weighted by atomic mass is 35.5. The second-order valence-corrected chi connectivity index (χ2v) is 4.27. The molecule has 0 saturated heterocycles. The number of nitrogens with zero attached hydrogens (tertiary/aromatic N) is 4. The predicted molar refractivity (Wildman–Crippen MR) is 67.1 cm³/mol. The van der Waals surface area contributed by atoms with E-state index in [1.165, 1.54) is 0 Å². The summed E-state index contributed by atoms with van der Waals surface area (Å²) in [5.74, 6) is 1.43. The molecule has 0 amide bonds. The monoisotopic (exact) mass is 251 g/mol. The van der Waals surface area contributed by atoms with Crippen molar-refractivity contribution in [2.45, 2.75) is 20.4 Å². The maximum atomic E-state index is 6.00. The first-order valence-electron chi connectivity index (χ1n) is 5.28. The number of hydrogen-bond donors (Lipinski definition) is 1. The minimum absolute atomic E-state index is 0.492. The molecule has 0 aliphatic carbocycles. The van der Waals surface area contributed by atoms with Gasteiger partial charge in [-0.25, -0.2) is 9.97 Å². The molecule has 90 valence electrons. The van der Waals surface area contributed by atoms with Gasteiger partial charge in [0.15, 0.2) is 0 Å². The summed E-state index contributed by atoms with van der Waals surface area (Å²) in [4.78, 5) is 8.41. The Kier molecular flexibility index (Phi) is 3.28. The summed E-state index contributed by atoms with van der Waals surface area (Å²) in [6.45, 7) is 4.38. The van der Waals surface area contributed by atoms with Crippen LogP contribution in [-0.4, -0.2) is 19.7 Å². The van der Waals surface area contributed by atoms with E-state index < -0.39 is 0 Å². The van der Waals surface area contributed by atoms with Crippen molar-refractivity contribution in [1.82, 2.24) is 19.7 Å². The summed E-state index contributed by atoms with van der Waals surface area (Å²) in [5, 5.41) is 7.83. The maximum absolute atomic E-state index is 6.00. The van der Waals surface area contributed by atoms with Crippen LogP contribution in [0.5, 0.6) is 0 Å². The van der Waals surface area contributed by atoms with E-state index >= 15 is 0 Å². The van der Waals surface area contributed by atoms with Crippen LogP contribution in [0.2, 0.25) is 5.15 Å². The van der Waals surface area contributed by atoms with Crippen LogP contribution in [0.1, 0.15) is 17.0 Å². The molecule has 0 saturated carbocycles.